The maximum Gasteiger partial charge on any atom is 0.263 e. The molecule has 2 aliphatic heterocycles. The summed E-state index contributed by atoms with van der Waals surface area (Å²) in [6.45, 7) is 2.13. The van der Waals surface area contributed by atoms with E-state index in [9.17, 15) is 13.2 Å². The number of rotatable bonds is 7. The van der Waals surface area contributed by atoms with Crippen LogP contribution in [0.15, 0.2) is 58.4 Å². The number of aliphatic imine (C=N–C) groups is 1. The van der Waals surface area contributed by atoms with Crippen LogP contribution < -0.4 is 4.72 Å². The third kappa shape index (κ3) is 4.86. The summed E-state index contributed by atoms with van der Waals surface area (Å²) in [5.41, 5.74) is 1.70. The molecule has 34 heavy (non-hydrogen) atoms. The molecule has 0 saturated carbocycles. The number of sulfonamides is 1. The molecule has 3 heterocycles. The summed E-state index contributed by atoms with van der Waals surface area (Å²) in [6, 6.07) is 15.1. The second kappa shape index (κ2) is 9.84. The number of amides is 1. The van der Waals surface area contributed by atoms with E-state index in [4.69, 9.17) is 4.98 Å². The normalized spacial score (nSPS) is 18.8. The topological polar surface area (TPSA) is 91.7 Å². The number of thiazole rings is 1. The van der Waals surface area contributed by atoms with E-state index in [-0.39, 0.29) is 10.8 Å². The molecule has 178 valence electrons. The first-order valence-corrected chi connectivity index (χ1v) is 14.1. The standard InChI is InChI=1S/C25H28N4O3S2/c30-23(29-16-13-18(14-17-29)25-27-20-9-4-5-10-21(20)33-25)12-2-1-7-15-26-24-19-8-3-6-11-22(19)34(31,32)28-24/h3-6,8-11,18H,1-2,7,12-17H2,(H,26,28). The molecule has 1 N–H and O–H groups in total. The van der Waals surface area contributed by atoms with Crippen LogP contribution in [-0.4, -0.2) is 49.7 Å². The highest BCUT2D eigenvalue weighted by Gasteiger charge is 2.30. The van der Waals surface area contributed by atoms with Gasteiger partial charge in [0.25, 0.3) is 10.0 Å². The van der Waals surface area contributed by atoms with Crippen molar-refractivity contribution in [1.82, 2.24) is 14.6 Å². The molecule has 3 aromatic rings. The van der Waals surface area contributed by atoms with Crippen molar-refractivity contribution in [2.75, 3.05) is 19.6 Å². The van der Waals surface area contributed by atoms with Gasteiger partial charge in [-0.2, -0.15) is 0 Å². The van der Waals surface area contributed by atoms with Gasteiger partial charge in [-0.05, 0) is 49.9 Å². The Morgan fingerprint density at radius 1 is 1.06 bits per heavy atom. The summed E-state index contributed by atoms with van der Waals surface area (Å²) < 4.78 is 28.0. The van der Waals surface area contributed by atoms with Gasteiger partial charge in [0.15, 0.2) is 0 Å². The largest absolute Gasteiger partial charge is 0.343 e. The number of hydrogen-bond acceptors (Lipinski definition) is 6. The summed E-state index contributed by atoms with van der Waals surface area (Å²) >= 11 is 1.78. The van der Waals surface area contributed by atoms with Crippen molar-refractivity contribution < 1.29 is 13.2 Å². The van der Waals surface area contributed by atoms with Gasteiger partial charge in [0.1, 0.15) is 5.84 Å². The monoisotopic (exact) mass is 496 g/mol. The number of piperidine rings is 1. The summed E-state index contributed by atoms with van der Waals surface area (Å²) in [4.78, 5) is 24.2. The maximum absolute atomic E-state index is 12.6. The number of carbonyl (C=O) groups excluding carboxylic acids is 1. The third-order valence-corrected chi connectivity index (χ3v) is 9.08. The summed E-state index contributed by atoms with van der Waals surface area (Å²) in [7, 11) is -3.49. The Balaban J connectivity index is 1.03. The van der Waals surface area contributed by atoms with E-state index in [0.717, 1.165) is 50.7 Å². The van der Waals surface area contributed by atoms with Gasteiger partial charge in [0.2, 0.25) is 5.91 Å². The predicted octanol–water partition coefficient (Wildman–Crippen LogP) is 4.30. The minimum Gasteiger partial charge on any atom is -0.343 e. The maximum atomic E-state index is 12.6. The van der Waals surface area contributed by atoms with Gasteiger partial charge in [-0.25, -0.2) is 13.4 Å². The fraction of sp³-hybridized carbons (Fsp3) is 0.400. The Hall–Kier alpha value is -2.78. The van der Waals surface area contributed by atoms with Crippen LogP contribution in [0.3, 0.4) is 0 Å². The zero-order valence-electron chi connectivity index (χ0n) is 18.9. The zero-order valence-corrected chi connectivity index (χ0v) is 20.6. The SMILES string of the molecule is O=C(CCCCCN=C1NS(=O)(=O)c2ccccc21)N1CCC(c2nc3ccccc3s2)CC1. The van der Waals surface area contributed by atoms with Crippen LogP contribution in [0.4, 0.5) is 0 Å². The molecular formula is C25H28N4O3S2. The molecule has 1 aromatic heterocycles. The molecule has 0 bridgehead atoms. The lowest BCUT2D eigenvalue weighted by Crippen LogP contribution is -2.37. The molecule has 7 nitrogen and oxygen atoms in total. The van der Waals surface area contributed by atoms with Crippen molar-refractivity contribution in [1.29, 1.82) is 0 Å². The highest BCUT2D eigenvalue weighted by Crippen LogP contribution is 2.34. The number of fused-ring (bicyclic) bond motifs is 2. The van der Waals surface area contributed by atoms with Gasteiger partial charge in [-0.1, -0.05) is 30.7 Å². The predicted molar refractivity (Wildman–Crippen MR) is 135 cm³/mol. The Morgan fingerprint density at radius 3 is 2.65 bits per heavy atom. The first-order chi connectivity index (χ1) is 16.5. The number of amidine groups is 1. The van der Waals surface area contributed by atoms with Crippen LogP contribution in [0.5, 0.6) is 0 Å². The fourth-order valence-corrected chi connectivity index (χ4v) is 6.99. The van der Waals surface area contributed by atoms with E-state index in [1.165, 1.54) is 9.71 Å². The van der Waals surface area contributed by atoms with Gasteiger partial charge in [-0.3, -0.25) is 14.5 Å². The molecule has 0 aliphatic carbocycles. The van der Waals surface area contributed by atoms with Gasteiger partial charge < -0.3 is 4.90 Å². The van der Waals surface area contributed by atoms with Crippen molar-refractivity contribution in [2.24, 2.45) is 4.99 Å². The number of carbonyl (C=O) groups is 1. The summed E-state index contributed by atoms with van der Waals surface area (Å²) in [5.74, 6) is 1.09. The molecule has 9 heteroatoms. The second-order valence-electron chi connectivity index (χ2n) is 8.82. The van der Waals surface area contributed by atoms with Gasteiger partial charge in [0, 0.05) is 37.5 Å². The molecule has 0 radical (unpaired) electrons. The van der Waals surface area contributed by atoms with E-state index in [1.807, 2.05) is 23.1 Å². The number of nitrogens with one attached hydrogen (secondary N) is 1. The van der Waals surface area contributed by atoms with Crippen LogP contribution in [-0.2, 0) is 14.8 Å². The van der Waals surface area contributed by atoms with Crippen LogP contribution in [0.25, 0.3) is 10.2 Å². The van der Waals surface area contributed by atoms with Gasteiger partial charge >= 0.3 is 0 Å². The number of benzene rings is 2. The zero-order chi connectivity index (χ0) is 23.5. The quantitative estimate of drug-likeness (QED) is 0.494. The number of para-hydroxylation sites is 1. The lowest BCUT2D eigenvalue weighted by Gasteiger charge is -2.31. The van der Waals surface area contributed by atoms with Crippen molar-refractivity contribution in [3.8, 4) is 0 Å². The van der Waals surface area contributed by atoms with Crippen LogP contribution in [0.1, 0.15) is 55.0 Å². The number of aromatic nitrogens is 1. The molecule has 2 aliphatic rings. The Kier molecular flexibility index (Phi) is 6.65. The summed E-state index contributed by atoms with van der Waals surface area (Å²) in [6.07, 6.45) is 5.03. The van der Waals surface area contributed by atoms with Crippen LogP contribution in [0.2, 0.25) is 0 Å². The van der Waals surface area contributed by atoms with E-state index < -0.39 is 10.0 Å². The summed E-state index contributed by atoms with van der Waals surface area (Å²) in [5, 5.41) is 1.20. The highest BCUT2D eigenvalue weighted by molar-refractivity contribution is 7.90. The molecular weight excluding hydrogens is 468 g/mol. The number of hydrogen-bond donors (Lipinski definition) is 1. The average molecular weight is 497 g/mol. The Labute approximate surface area is 204 Å². The van der Waals surface area contributed by atoms with Gasteiger partial charge in [-0.15, -0.1) is 11.3 Å². The molecule has 0 unspecified atom stereocenters. The smallest absolute Gasteiger partial charge is 0.263 e. The lowest BCUT2D eigenvalue weighted by molar-refractivity contribution is -0.132. The highest BCUT2D eigenvalue weighted by atomic mass is 32.2. The van der Waals surface area contributed by atoms with E-state index in [2.05, 4.69) is 21.8 Å². The fourth-order valence-electron chi connectivity index (χ4n) is 4.61. The van der Waals surface area contributed by atoms with E-state index in [0.29, 0.717) is 30.3 Å². The number of likely N-dealkylation sites (tertiary alicyclic amines) is 1. The van der Waals surface area contributed by atoms with Crippen LogP contribution >= 0.6 is 11.3 Å². The van der Waals surface area contributed by atoms with Gasteiger partial charge in [0.05, 0.1) is 20.1 Å². The minimum absolute atomic E-state index is 0.228. The average Bonchev–Trinajstić information content (AvgIpc) is 3.40. The molecule has 2 aromatic carbocycles. The molecule has 5 rings (SSSR count). The van der Waals surface area contributed by atoms with Crippen LogP contribution in [0, 0.1) is 0 Å². The first-order valence-electron chi connectivity index (χ1n) is 11.8. The molecule has 1 fully saturated rings. The minimum atomic E-state index is -3.49. The van der Waals surface area contributed by atoms with Crippen molar-refractivity contribution in [2.45, 2.75) is 49.3 Å². The van der Waals surface area contributed by atoms with E-state index >= 15 is 0 Å². The Bertz CT molecular complexity index is 1290. The molecule has 0 atom stereocenters. The molecule has 1 amide bonds. The molecule has 1 saturated heterocycles. The third-order valence-electron chi connectivity index (χ3n) is 6.49. The van der Waals surface area contributed by atoms with E-state index in [1.54, 1.807) is 29.5 Å². The number of unbranched alkanes of at least 4 members (excludes halogenated alkanes) is 2. The second-order valence-corrected chi connectivity index (χ2v) is 11.5. The Morgan fingerprint density at radius 2 is 1.82 bits per heavy atom. The lowest BCUT2D eigenvalue weighted by atomic mass is 9.97. The molecule has 0 spiro atoms. The number of nitrogens with zero attached hydrogens (tertiary/aromatic N) is 3. The first kappa shape index (κ1) is 23.0. The van der Waals surface area contributed by atoms with Crippen molar-refractivity contribution >= 4 is 43.3 Å². The van der Waals surface area contributed by atoms with Crippen molar-refractivity contribution in [3.05, 3.63) is 59.1 Å². The van der Waals surface area contributed by atoms with Crippen molar-refractivity contribution in [3.63, 3.8) is 0 Å².